The summed E-state index contributed by atoms with van der Waals surface area (Å²) in [7, 11) is 0. The van der Waals surface area contributed by atoms with Crippen molar-refractivity contribution in [2.75, 3.05) is 52.4 Å². The lowest BCUT2D eigenvalue weighted by molar-refractivity contribution is -0.130. The van der Waals surface area contributed by atoms with Gasteiger partial charge < -0.3 is 26.2 Å². The first kappa shape index (κ1) is 26.9. The molecule has 2 saturated heterocycles. The first-order valence-electron chi connectivity index (χ1n) is 11.4. The number of hydrogen-bond donors (Lipinski definition) is 3. The van der Waals surface area contributed by atoms with Crippen molar-refractivity contribution in [2.24, 2.45) is 16.6 Å². The SMILES string of the molecule is CCNC(=NCCCN1CCCCCC1=O)NCCCN1CCCC(C(N)=O)C1.I. The number of aliphatic imine (C=N–C) groups is 1. The van der Waals surface area contributed by atoms with Crippen LogP contribution in [0.2, 0.25) is 0 Å². The predicted octanol–water partition coefficient (Wildman–Crippen LogP) is 1.54. The van der Waals surface area contributed by atoms with Crippen LogP contribution in [0.25, 0.3) is 0 Å². The van der Waals surface area contributed by atoms with E-state index >= 15 is 0 Å². The second kappa shape index (κ2) is 15.7. The van der Waals surface area contributed by atoms with Crippen LogP contribution in [-0.2, 0) is 9.59 Å². The molecule has 0 aromatic heterocycles. The molecule has 2 fully saturated rings. The minimum Gasteiger partial charge on any atom is -0.369 e. The van der Waals surface area contributed by atoms with Crippen LogP contribution in [0.15, 0.2) is 4.99 Å². The molecular formula is C21H41IN6O2. The van der Waals surface area contributed by atoms with E-state index in [0.717, 1.165) is 96.7 Å². The van der Waals surface area contributed by atoms with E-state index in [9.17, 15) is 9.59 Å². The molecule has 2 rings (SSSR count). The number of rotatable bonds is 10. The van der Waals surface area contributed by atoms with Gasteiger partial charge in [0.15, 0.2) is 5.96 Å². The number of nitrogens with two attached hydrogens (primary N) is 1. The first-order valence-corrected chi connectivity index (χ1v) is 11.4. The van der Waals surface area contributed by atoms with E-state index in [-0.39, 0.29) is 35.8 Å². The Labute approximate surface area is 198 Å². The van der Waals surface area contributed by atoms with Gasteiger partial charge in [-0.1, -0.05) is 6.42 Å². The van der Waals surface area contributed by atoms with Crippen molar-refractivity contribution >= 4 is 41.8 Å². The summed E-state index contributed by atoms with van der Waals surface area (Å²) in [6, 6.07) is 0. The number of piperidine rings is 1. The number of primary amides is 1. The standard InChI is InChI=1S/C21H40N6O2.HI/c1-2-23-21(25-12-8-16-27-15-5-3-4-10-19(27)28)24-11-7-14-26-13-6-9-18(17-26)20(22)29;/h18H,2-17H2,1H3,(H2,22,29)(H2,23,24,25);1H. The van der Waals surface area contributed by atoms with Gasteiger partial charge in [-0.2, -0.15) is 0 Å². The summed E-state index contributed by atoms with van der Waals surface area (Å²) in [6.45, 7) is 8.94. The lowest BCUT2D eigenvalue weighted by Gasteiger charge is -2.31. The smallest absolute Gasteiger partial charge is 0.222 e. The highest BCUT2D eigenvalue weighted by molar-refractivity contribution is 14.0. The summed E-state index contributed by atoms with van der Waals surface area (Å²) >= 11 is 0. The molecule has 2 amide bonds. The summed E-state index contributed by atoms with van der Waals surface area (Å²) in [6.07, 6.45) is 7.87. The number of hydrogen-bond acceptors (Lipinski definition) is 4. The van der Waals surface area contributed by atoms with Crippen molar-refractivity contribution in [1.29, 1.82) is 0 Å². The molecule has 1 unspecified atom stereocenters. The predicted molar refractivity (Wildman–Crippen MR) is 132 cm³/mol. The second-order valence-electron chi connectivity index (χ2n) is 8.13. The fraction of sp³-hybridized carbons (Fsp3) is 0.857. The number of nitrogens with zero attached hydrogens (tertiary/aromatic N) is 3. The van der Waals surface area contributed by atoms with Gasteiger partial charge in [0, 0.05) is 45.7 Å². The van der Waals surface area contributed by atoms with Crippen molar-refractivity contribution < 1.29 is 9.59 Å². The van der Waals surface area contributed by atoms with Gasteiger partial charge in [-0.25, -0.2) is 0 Å². The Bertz CT molecular complexity index is 546. The molecule has 2 aliphatic heterocycles. The van der Waals surface area contributed by atoms with Crippen molar-refractivity contribution in [3.05, 3.63) is 0 Å². The highest BCUT2D eigenvalue weighted by Crippen LogP contribution is 2.15. The van der Waals surface area contributed by atoms with Gasteiger partial charge in [-0.3, -0.25) is 14.6 Å². The van der Waals surface area contributed by atoms with Crippen LogP contribution in [-0.4, -0.2) is 79.9 Å². The number of likely N-dealkylation sites (tertiary alicyclic amines) is 2. The van der Waals surface area contributed by atoms with Gasteiger partial charge in [-0.15, -0.1) is 24.0 Å². The third kappa shape index (κ3) is 10.3. The monoisotopic (exact) mass is 536 g/mol. The molecule has 0 bridgehead atoms. The molecule has 0 radical (unpaired) electrons. The van der Waals surface area contributed by atoms with Gasteiger partial charge >= 0.3 is 0 Å². The van der Waals surface area contributed by atoms with Crippen LogP contribution in [0.1, 0.15) is 58.3 Å². The zero-order chi connectivity index (χ0) is 20.9. The summed E-state index contributed by atoms with van der Waals surface area (Å²) in [5.74, 6) is 0.971. The van der Waals surface area contributed by atoms with E-state index in [4.69, 9.17) is 5.73 Å². The third-order valence-corrected chi connectivity index (χ3v) is 5.72. The molecule has 0 aromatic carbocycles. The zero-order valence-electron chi connectivity index (χ0n) is 18.5. The van der Waals surface area contributed by atoms with Crippen LogP contribution in [0.4, 0.5) is 0 Å². The molecule has 174 valence electrons. The van der Waals surface area contributed by atoms with Gasteiger partial charge in [0.25, 0.3) is 0 Å². The second-order valence-corrected chi connectivity index (χ2v) is 8.13. The minimum atomic E-state index is -0.170. The van der Waals surface area contributed by atoms with Crippen LogP contribution in [0, 0.1) is 5.92 Å². The third-order valence-electron chi connectivity index (χ3n) is 5.72. The number of carbonyl (C=O) groups is 2. The van der Waals surface area contributed by atoms with Crippen molar-refractivity contribution in [2.45, 2.75) is 58.3 Å². The molecule has 8 nitrogen and oxygen atoms in total. The summed E-state index contributed by atoms with van der Waals surface area (Å²) in [5, 5.41) is 6.68. The Balaban J connectivity index is 0.00000450. The van der Waals surface area contributed by atoms with E-state index in [1.54, 1.807) is 0 Å². The highest BCUT2D eigenvalue weighted by Gasteiger charge is 2.23. The van der Waals surface area contributed by atoms with E-state index < -0.39 is 0 Å². The maximum absolute atomic E-state index is 12.0. The number of halogens is 1. The summed E-state index contributed by atoms with van der Waals surface area (Å²) in [4.78, 5) is 32.4. The first-order chi connectivity index (χ1) is 14.1. The quantitative estimate of drug-likeness (QED) is 0.170. The van der Waals surface area contributed by atoms with E-state index in [1.165, 1.54) is 0 Å². The maximum Gasteiger partial charge on any atom is 0.222 e. The Hall–Kier alpha value is -1.10. The van der Waals surface area contributed by atoms with E-state index in [0.29, 0.717) is 18.9 Å². The van der Waals surface area contributed by atoms with Gasteiger partial charge in [0.05, 0.1) is 5.92 Å². The lowest BCUT2D eigenvalue weighted by Crippen LogP contribution is -2.43. The molecule has 2 aliphatic rings. The zero-order valence-corrected chi connectivity index (χ0v) is 20.9. The van der Waals surface area contributed by atoms with Crippen molar-refractivity contribution in [3.8, 4) is 0 Å². The Morgan fingerprint density at radius 2 is 1.97 bits per heavy atom. The van der Waals surface area contributed by atoms with Gasteiger partial charge in [0.1, 0.15) is 0 Å². The normalized spacial score (nSPS) is 21.0. The maximum atomic E-state index is 12.0. The van der Waals surface area contributed by atoms with Crippen LogP contribution in [0.3, 0.4) is 0 Å². The largest absolute Gasteiger partial charge is 0.369 e. The number of nitrogens with one attached hydrogen (secondary N) is 2. The van der Waals surface area contributed by atoms with Crippen LogP contribution < -0.4 is 16.4 Å². The average molecular weight is 537 g/mol. The molecule has 30 heavy (non-hydrogen) atoms. The Morgan fingerprint density at radius 1 is 1.13 bits per heavy atom. The molecule has 1 atom stereocenters. The molecule has 9 heteroatoms. The Kier molecular flexibility index (Phi) is 14.1. The molecule has 0 saturated carbocycles. The fourth-order valence-electron chi connectivity index (χ4n) is 4.07. The van der Waals surface area contributed by atoms with Crippen LogP contribution >= 0.6 is 24.0 Å². The average Bonchev–Trinajstić information content (AvgIpc) is 2.92. The molecule has 0 aliphatic carbocycles. The van der Waals surface area contributed by atoms with Crippen molar-refractivity contribution in [3.63, 3.8) is 0 Å². The summed E-state index contributed by atoms with van der Waals surface area (Å²) < 4.78 is 0. The Morgan fingerprint density at radius 3 is 2.73 bits per heavy atom. The van der Waals surface area contributed by atoms with E-state index in [1.807, 2.05) is 4.90 Å². The molecule has 0 spiro atoms. The van der Waals surface area contributed by atoms with Crippen molar-refractivity contribution in [1.82, 2.24) is 20.4 Å². The highest BCUT2D eigenvalue weighted by atomic mass is 127. The fourth-order valence-corrected chi connectivity index (χ4v) is 4.07. The molecule has 4 N–H and O–H groups in total. The van der Waals surface area contributed by atoms with Crippen LogP contribution in [0.5, 0.6) is 0 Å². The molecular weight excluding hydrogens is 495 g/mol. The number of guanidine groups is 1. The van der Waals surface area contributed by atoms with Gasteiger partial charge in [0.2, 0.25) is 11.8 Å². The topological polar surface area (TPSA) is 103 Å². The number of carbonyl (C=O) groups excluding carboxylic acids is 2. The minimum absolute atomic E-state index is 0. The lowest BCUT2D eigenvalue weighted by atomic mass is 9.97. The molecule has 2 heterocycles. The summed E-state index contributed by atoms with van der Waals surface area (Å²) in [5.41, 5.74) is 5.45. The number of amides is 2. The molecule has 0 aromatic rings. The van der Waals surface area contributed by atoms with E-state index in [2.05, 4.69) is 27.4 Å². The van der Waals surface area contributed by atoms with Gasteiger partial charge in [-0.05, 0) is 58.5 Å².